The standard InChI is InChI=1S/C9H17NO3/c1-11-5-3-8-7-13-6-4-10-9(8)12-2/h8H,3-7H2,1-2H3. The quantitative estimate of drug-likeness (QED) is 0.653. The second-order valence-electron chi connectivity index (χ2n) is 2.98. The third-order valence-corrected chi connectivity index (χ3v) is 2.05. The highest BCUT2D eigenvalue weighted by Crippen LogP contribution is 2.10. The van der Waals surface area contributed by atoms with Crippen molar-refractivity contribution in [3.63, 3.8) is 0 Å². The first-order valence-electron chi connectivity index (χ1n) is 4.53. The molecule has 0 saturated heterocycles. The Balaban J connectivity index is 2.45. The van der Waals surface area contributed by atoms with Crippen LogP contribution in [0.25, 0.3) is 0 Å². The summed E-state index contributed by atoms with van der Waals surface area (Å²) in [6, 6.07) is 0. The largest absolute Gasteiger partial charge is 0.484 e. The van der Waals surface area contributed by atoms with Crippen molar-refractivity contribution in [2.24, 2.45) is 10.9 Å². The van der Waals surface area contributed by atoms with Crippen molar-refractivity contribution in [1.82, 2.24) is 0 Å². The van der Waals surface area contributed by atoms with Crippen molar-refractivity contribution in [2.75, 3.05) is 40.6 Å². The van der Waals surface area contributed by atoms with E-state index in [2.05, 4.69) is 4.99 Å². The fraction of sp³-hybridized carbons (Fsp3) is 0.889. The lowest BCUT2D eigenvalue weighted by atomic mass is 10.1. The Kier molecular flexibility index (Phi) is 4.78. The molecule has 0 aromatic heterocycles. The van der Waals surface area contributed by atoms with E-state index < -0.39 is 0 Å². The third-order valence-electron chi connectivity index (χ3n) is 2.05. The van der Waals surface area contributed by atoms with Crippen molar-refractivity contribution in [3.05, 3.63) is 0 Å². The highest BCUT2D eigenvalue weighted by atomic mass is 16.5. The number of nitrogens with zero attached hydrogens (tertiary/aromatic N) is 1. The third kappa shape index (κ3) is 3.32. The van der Waals surface area contributed by atoms with Crippen molar-refractivity contribution in [1.29, 1.82) is 0 Å². The molecule has 76 valence electrons. The van der Waals surface area contributed by atoms with Crippen molar-refractivity contribution >= 4 is 5.90 Å². The average molecular weight is 187 g/mol. The molecule has 0 amide bonds. The fourth-order valence-electron chi connectivity index (χ4n) is 1.34. The summed E-state index contributed by atoms with van der Waals surface area (Å²) in [6.07, 6.45) is 0.906. The molecule has 1 heterocycles. The molecule has 4 heteroatoms. The van der Waals surface area contributed by atoms with Gasteiger partial charge in [0.2, 0.25) is 0 Å². The highest BCUT2D eigenvalue weighted by Gasteiger charge is 2.18. The monoisotopic (exact) mass is 187 g/mol. The minimum atomic E-state index is 0.257. The van der Waals surface area contributed by atoms with Crippen molar-refractivity contribution in [2.45, 2.75) is 6.42 Å². The van der Waals surface area contributed by atoms with Crippen LogP contribution < -0.4 is 0 Å². The maximum Gasteiger partial charge on any atom is 0.188 e. The summed E-state index contributed by atoms with van der Waals surface area (Å²) in [4.78, 5) is 4.29. The van der Waals surface area contributed by atoms with E-state index in [1.165, 1.54) is 0 Å². The SMILES string of the molecule is COCCC1COCCN=C1OC. The molecule has 0 aromatic rings. The second-order valence-corrected chi connectivity index (χ2v) is 2.98. The van der Waals surface area contributed by atoms with Crippen LogP contribution in [0.5, 0.6) is 0 Å². The zero-order chi connectivity index (χ0) is 9.52. The summed E-state index contributed by atoms with van der Waals surface area (Å²) in [5.74, 6) is 1.06. The summed E-state index contributed by atoms with van der Waals surface area (Å²) in [6.45, 7) is 2.80. The van der Waals surface area contributed by atoms with Gasteiger partial charge in [-0.1, -0.05) is 0 Å². The van der Waals surface area contributed by atoms with Gasteiger partial charge in [-0.25, -0.2) is 0 Å². The molecule has 1 unspecified atom stereocenters. The zero-order valence-corrected chi connectivity index (χ0v) is 8.28. The molecule has 0 fully saturated rings. The van der Waals surface area contributed by atoms with Gasteiger partial charge < -0.3 is 14.2 Å². The van der Waals surface area contributed by atoms with Gasteiger partial charge in [0.05, 0.1) is 32.8 Å². The predicted molar refractivity (Wildman–Crippen MR) is 50.1 cm³/mol. The molecule has 4 nitrogen and oxygen atoms in total. The maximum absolute atomic E-state index is 5.39. The Bertz CT molecular complexity index is 170. The summed E-state index contributed by atoms with van der Waals surface area (Å²) in [5.41, 5.74) is 0. The van der Waals surface area contributed by atoms with Gasteiger partial charge in [0.15, 0.2) is 5.90 Å². The van der Waals surface area contributed by atoms with Gasteiger partial charge in [0, 0.05) is 13.7 Å². The van der Waals surface area contributed by atoms with Gasteiger partial charge >= 0.3 is 0 Å². The van der Waals surface area contributed by atoms with Crippen LogP contribution in [0.1, 0.15) is 6.42 Å². The number of hydrogen-bond acceptors (Lipinski definition) is 4. The van der Waals surface area contributed by atoms with Gasteiger partial charge in [-0.3, -0.25) is 4.99 Å². The van der Waals surface area contributed by atoms with Crippen LogP contribution in [0.3, 0.4) is 0 Å². The molecule has 0 radical (unpaired) electrons. The molecule has 0 N–H and O–H groups in total. The van der Waals surface area contributed by atoms with Crippen LogP contribution in [0.4, 0.5) is 0 Å². The van der Waals surface area contributed by atoms with Crippen LogP contribution >= 0.6 is 0 Å². The smallest absolute Gasteiger partial charge is 0.188 e. The second kappa shape index (κ2) is 5.94. The van der Waals surface area contributed by atoms with Crippen LogP contribution in [0.15, 0.2) is 4.99 Å². The Hall–Kier alpha value is -0.610. The molecule has 13 heavy (non-hydrogen) atoms. The number of ether oxygens (including phenoxy) is 3. The first-order valence-corrected chi connectivity index (χ1v) is 4.53. The van der Waals surface area contributed by atoms with Gasteiger partial charge in [-0.2, -0.15) is 0 Å². The minimum Gasteiger partial charge on any atom is -0.484 e. The number of methoxy groups -OCH3 is 2. The van der Waals surface area contributed by atoms with Crippen LogP contribution in [0.2, 0.25) is 0 Å². The van der Waals surface area contributed by atoms with Crippen LogP contribution in [0, 0.1) is 5.92 Å². The van der Waals surface area contributed by atoms with Gasteiger partial charge in [-0.05, 0) is 6.42 Å². The molecule has 1 rings (SSSR count). The average Bonchev–Trinajstić information content (AvgIpc) is 2.39. The van der Waals surface area contributed by atoms with Crippen molar-refractivity contribution < 1.29 is 14.2 Å². The molecule has 0 aromatic carbocycles. The molecular formula is C9H17NO3. The Morgan fingerprint density at radius 2 is 2.38 bits per heavy atom. The fourth-order valence-corrected chi connectivity index (χ4v) is 1.34. The zero-order valence-electron chi connectivity index (χ0n) is 8.28. The predicted octanol–water partition coefficient (Wildman–Crippen LogP) is 0.714. The van der Waals surface area contributed by atoms with Crippen LogP contribution in [-0.2, 0) is 14.2 Å². The van der Waals surface area contributed by atoms with E-state index in [4.69, 9.17) is 14.2 Å². The number of rotatable bonds is 3. The molecule has 1 atom stereocenters. The normalized spacial score (nSPS) is 23.5. The molecule has 0 bridgehead atoms. The molecular weight excluding hydrogens is 170 g/mol. The molecule has 1 aliphatic heterocycles. The summed E-state index contributed by atoms with van der Waals surface area (Å²) >= 11 is 0. The molecule has 0 aliphatic carbocycles. The topological polar surface area (TPSA) is 40.0 Å². The van der Waals surface area contributed by atoms with Gasteiger partial charge in [0.25, 0.3) is 0 Å². The lowest BCUT2D eigenvalue weighted by molar-refractivity contribution is 0.107. The minimum absolute atomic E-state index is 0.257. The Morgan fingerprint density at radius 1 is 1.54 bits per heavy atom. The lowest BCUT2D eigenvalue weighted by Crippen LogP contribution is -2.21. The summed E-state index contributed by atoms with van der Waals surface area (Å²) in [7, 11) is 3.35. The first-order chi connectivity index (χ1) is 6.38. The van der Waals surface area contributed by atoms with E-state index in [0.29, 0.717) is 19.8 Å². The van der Waals surface area contributed by atoms with E-state index in [9.17, 15) is 0 Å². The van der Waals surface area contributed by atoms with E-state index in [1.54, 1.807) is 14.2 Å². The molecule has 0 saturated carbocycles. The van der Waals surface area contributed by atoms with E-state index in [1.807, 2.05) is 0 Å². The van der Waals surface area contributed by atoms with E-state index in [-0.39, 0.29) is 5.92 Å². The summed E-state index contributed by atoms with van der Waals surface area (Å²) < 4.78 is 15.6. The van der Waals surface area contributed by atoms with Gasteiger partial charge in [0.1, 0.15) is 0 Å². The number of hydrogen-bond donors (Lipinski definition) is 0. The lowest BCUT2D eigenvalue weighted by Gasteiger charge is -2.14. The Labute approximate surface area is 78.9 Å². The van der Waals surface area contributed by atoms with Crippen molar-refractivity contribution in [3.8, 4) is 0 Å². The summed E-state index contributed by atoms with van der Waals surface area (Å²) in [5, 5.41) is 0. The highest BCUT2D eigenvalue weighted by molar-refractivity contribution is 5.78. The van der Waals surface area contributed by atoms with Crippen LogP contribution in [-0.4, -0.2) is 46.5 Å². The number of aliphatic imine (C=N–C) groups is 1. The maximum atomic E-state index is 5.39. The van der Waals surface area contributed by atoms with E-state index in [0.717, 1.165) is 18.9 Å². The molecule has 0 spiro atoms. The van der Waals surface area contributed by atoms with E-state index >= 15 is 0 Å². The Morgan fingerprint density at radius 3 is 3.08 bits per heavy atom. The first kappa shape index (κ1) is 10.5. The molecule has 1 aliphatic rings. The van der Waals surface area contributed by atoms with Gasteiger partial charge in [-0.15, -0.1) is 0 Å².